The zero-order valence-corrected chi connectivity index (χ0v) is 16.0. The number of aryl methyl sites for hydroxylation is 2. The molecule has 140 valence electrons. The Morgan fingerprint density at radius 1 is 1.15 bits per heavy atom. The van der Waals surface area contributed by atoms with E-state index in [1.165, 1.54) is 13.1 Å². The highest BCUT2D eigenvalue weighted by atomic mass is 32.2. The third-order valence-electron chi connectivity index (χ3n) is 3.92. The fourth-order valence-corrected chi connectivity index (χ4v) is 3.55. The zero-order chi connectivity index (χ0) is 19.2. The minimum Gasteiger partial charge on any atom is -0.494 e. The average molecular weight is 376 g/mol. The number of carbonyl (C=O) groups excluding carboxylic acids is 1. The van der Waals surface area contributed by atoms with Crippen molar-refractivity contribution in [2.45, 2.75) is 31.6 Å². The van der Waals surface area contributed by atoms with Gasteiger partial charge in [0.1, 0.15) is 5.75 Å². The summed E-state index contributed by atoms with van der Waals surface area (Å²) in [6.45, 7) is 4.19. The molecule has 0 unspecified atom stereocenters. The minimum atomic E-state index is -3.57. The molecule has 0 aliphatic carbocycles. The fraction of sp³-hybridized carbons (Fsp3) is 0.316. The molecule has 0 spiro atoms. The maximum atomic E-state index is 12.3. The van der Waals surface area contributed by atoms with Crippen LogP contribution in [0.15, 0.2) is 47.4 Å². The van der Waals surface area contributed by atoms with E-state index in [2.05, 4.69) is 10.0 Å². The van der Waals surface area contributed by atoms with E-state index in [-0.39, 0.29) is 17.2 Å². The highest BCUT2D eigenvalue weighted by Gasteiger charge is 2.16. The van der Waals surface area contributed by atoms with E-state index >= 15 is 0 Å². The van der Waals surface area contributed by atoms with E-state index in [4.69, 9.17) is 4.74 Å². The number of sulfonamides is 1. The smallest absolute Gasteiger partial charge is 0.240 e. The maximum Gasteiger partial charge on any atom is 0.240 e. The Kier molecular flexibility index (Phi) is 6.76. The minimum absolute atomic E-state index is 0.152. The summed E-state index contributed by atoms with van der Waals surface area (Å²) in [5.41, 5.74) is 2.03. The number of amides is 1. The lowest BCUT2D eigenvalue weighted by atomic mass is 10.1. The first-order chi connectivity index (χ1) is 12.4. The van der Waals surface area contributed by atoms with Gasteiger partial charge in [0.25, 0.3) is 0 Å². The number of hydrogen-bond acceptors (Lipinski definition) is 4. The van der Waals surface area contributed by atoms with Crippen molar-refractivity contribution in [1.29, 1.82) is 0 Å². The summed E-state index contributed by atoms with van der Waals surface area (Å²) >= 11 is 0. The van der Waals surface area contributed by atoms with Gasteiger partial charge in [0.05, 0.1) is 11.5 Å². The first-order valence-corrected chi connectivity index (χ1v) is 9.90. The second-order valence-electron chi connectivity index (χ2n) is 5.78. The molecule has 2 rings (SSSR count). The number of nitrogens with one attached hydrogen (secondary N) is 2. The molecule has 0 aromatic heterocycles. The largest absolute Gasteiger partial charge is 0.494 e. The summed E-state index contributed by atoms with van der Waals surface area (Å²) in [4.78, 5) is 12.4. The predicted molar refractivity (Wildman–Crippen MR) is 102 cm³/mol. The van der Waals surface area contributed by atoms with Crippen molar-refractivity contribution in [3.63, 3.8) is 0 Å². The Hall–Kier alpha value is -2.38. The van der Waals surface area contributed by atoms with Gasteiger partial charge >= 0.3 is 0 Å². The standard InChI is InChI=1S/C19H24N2O4S/c1-4-25-17-8-6-5-7-15(17)10-12-19(22)21-16-11-9-14(2)18(13-16)26(23,24)20-3/h5-9,11,13,20H,4,10,12H2,1-3H3,(H,21,22). The van der Waals surface area contributed by atoms with Crippen molar-refractivity contribution in [1.82, 2.24) is 4.72 Å². The van der Waals surface area contributed by atoms with Gasteiger partial charge in [0, 0.05) is 12.1 Å². The average Bonchev–Trinajstić information content (AvgIpc) is 2.62. The van der Waals surface area contributed by atoms with Gasteiger partial charge in [-0.2, -0.15) is 0 Å². The topological polar surface area (TPSA) is 84.5 Å². The molecule has 2 aromatic rings. The Morgan fingerprint density at radius 2 is 1.88 bits per heavy atom. The first kappa shape index (κ1) is 19.9. The molecule has 6 nitrogen and oxygen atoms in total. The predicted octanol–water partition coefficient (Wildman–Crippen LogP) is 2.87. The van der Waals surface area contributed by atoms with Crippen LogP contribution in [0, 0.1) is 6.92 Å². The van der Waals surface area contributed by atoms with E-state index in [1.54, 1.807) is 19.1 Å². The number of para-hydroxylation sites is 1. The van der Waals surface area contributed by atoms with Crippen LogP contribution < -0.4 is 14.8 Å². The van der Waals surface area contributed by atoms with E-state index < -0.39 is 10.0 Å². The molecule has 0 aliphatic heterocycles. The van der Waals surface area contributed by atoms with Gasteiger partial charge in [-0.15, -0.1) is 0 Å². The molecule has 0 aliphatic rings. The molecule has 2 aromatic carbocycles. The number of rotatable bonds is 8. The van der Waals surface area contributed by atoms with Gasteiger partial charge in [-0.3, -0.25) is 4.79 Å². The van der Waals surface area contributed by atoms with Crippen molar-refractivity contribution in [3.8, 4) is 5.75 Å². The van der Waals surface area contributed by atoms with Gasteiger partial charge in [-0.1, -0.05) is 24.3 Å². The molecule has 7 heteroatoms. The third kappa shape index (κ3) is 5.06. The van der Waals surface area contributed by atoms with Crippen LogP contribution in [-0.4, -0.2) is 28.0 Å². The van der Waals surface area contributed by atoms with Crippen molar-refractivity contribution >= 4 is 21.6 Å². The van der Waals surface area contributed by atoms with Gasteiger partial charge in [-0.05, 0) is 56.6 Å². The van der Waals surface area contributed by atoms with E-state index in [9.17, 15) is 13.2 Å². The lowest BCUT2D eigenvalue weighted by Crippen LogP contribution is -2.20. The summed E-state index contributed by atoms with van der Waals surface area (Å²) in [6, 6.07) is 12.4. The van der Waals surface area contributed by atoms with Crippen molar-refractivity contribution in [2.75, 3.05) is 19.0 Å². The highest BCUT2D eigenvalue weighted by Crippen LogP contribution is 2.22. The number of benzene rings is 2. The highest BCUT2D eigenvalue weighted by molar-refractivity contribution is 7.89. The number of hydrogen-bond donors (Lipinski definition) is 2. The number of ether oxygens (including phenoxy) is 1. The van der Waals surface area contributed by atoms with Gasteiger partial charge in [0.2, 0.25) is 15.9 Å². The summed E-state index contributed by atoms with van der Waals surface area (Å²) < 4.78 is 31.9. The van der Waals surface area contributed by atoms with Crippen molar-refractivity contribution in [2.24, 2.45) is 0 Å². The summed E-state index contributed by atoms with van der Waals surface area (Å²) in [6.07, 6.45) is 0.807. The first-order valence-electron chi connectivity index (χ1n) is 8.42. The Labute approximate surface area is 154 Å². The molecule has 2 N–H and O–H groups in total. The van der Waals surface area contributed by atoms with Crippen LogP contribution in [0.2, 0.25) is 0 Å². The Bertz CT molecular complexity index is 879. The zero-order valence-electron chi connectivity index (χ0n) is 15.2. The molecule has 0 atom stereocenters. The van der Waals surface area contributed by atoms with Gasteiger partial charge in [-0.25, -0.2) is 13.1 Å². The normalized spacial score (nSPS) is 11.2. The van der Waals surface area contributed by atoms with Crippen molar-refractivity contribution in [3.05, 3.63) is 53.6 Å². The summed E-state index contributed by atoms with van der Waals surface area (Å²) in [5.74, 6) is 0.591. The van der Waals surface area contributed by atoms with E-state index in [0.717, 1.165) is 11.3 Å². The molecule has 0 fully saturated rings. The number of carbonyl (C=O) groups is 1. The monoisotopic (exact) mass is 376 g/mol. The molecule has 1 amide bonds. The van der Waals surface area contributed by atoms with Crippen LogP contribution in [-0.2, 0) is 21.2 Å². The quantitative estimate of drug-likeness (QED) is 0.742. The molecular formula is C19H24N2O4S. The summed E-state index contributed by atoms with van der Waals surface area (Å²) in [7, 11) is -2.22. The van der Waals surface area contributed by atoms with Crippen LogP contribution in [0.3, 0.4) is 0 Å². The lowest BCUT2D eigenvalue weighted by Gasteiger charge is -2.12. The lowest BCUT2D eigenvalue weighted by molar-refractivity contribution is -0.116. The molecular weight excluding hydrogens is 352 g/mol. The van der Waals surface area contributed by atoms with Crippen LogP contribution in [0.5, 0.6) is 5.75 Å². The SMILES string of the molecule is CCOc1ccccc1CCC(=O)Nc1ccc(C)c(S(=O)(=O)NC)c1. The molecule has 0 heterocycles. The second-order valence-corrected chi connectivity index (χ2v) is 7.63. The molecule has 0 bridgehead atoms. The molecule has 26 heavy (non-hydrogen) atoms. The van der Waals surface area contributed by atoms with Crippen LogP contribution in [0.4, 0.5) is 5.69 Å². The van der Waals surface area contributed by atoms with E-state index in [0.29, 0.717) is 24.3 Å². The third-order valence-corrected chi connectivity index (χ3v) is 5.48. The van der Waals surface area contributed by atoms with Crippen LogP contribution in [0.25, 0.3) is 0 Å². The molecule has 0 radical (unpaired) electrons. The summed E-state index contributed by atoms with van der Waals surface area (Å²) in [5, 5.41) is 2.76. The second kappa shape index (κ2) is 8.82. The Balaban J connectivity index is 2.06. The maximum absolute atomic E-state index is 12.3. The Morgan fingerprint density at radius 3 is 2.58 bits per heavy atom. The van der Waals surface area contributed by atoms with Crippen molar-refractivity contribution < 1.29 is 17.9 Å². The molecule has 0 saturated carbocycles. The van der Waals surface area contributed by atoms with Crippen LogP contribution in [0.1, 0.15) is 24.5 Å². The van der Waals surface area contributed by atoms with E-state index in [1.807, 2.05) is 31.2 Å². The van der Waals surface area contributed by atoms with Gasteiger partial charge < -0.3 is 10.1 Å². The molecule has 0 saturated heterocycles. The fourth-order valence-electron chi connectivity index (χ4n) is 2.56. The number of anilines is 1. The van der Waals surface area contributed by atoms with Crippen LogP contribution >= 0.6 is 0 Å². The van der Waals surface area contributed by atoms with Gasteiger partial charge in [0.15, 0.2) is 0 Å².